The number of aromatic carboxylic acids is 1. The molecule has 5 heteroatoms. The van der Waals surface area contributed by atoms with E-state index in [4.69, 9.17) is 5.11 Å². The van der Waals surface area contributed by atoms with Crippen molar-refractivity contribution in [3.8, 4) is 0 Å². The SMILES string of the molecule is CC(CC(=O)N(C)Cc1ccc(C(=O)O)cc1)c1cccc(F)c1. The summed E-state index contributed by atoms with van der Waals surface area (Å²) < 4.78 is 13.3. The quantitative estimate of drug-likeness (QED) is 0.879. The Balaban J connectivity index is 1.95. The van der Waals surface area contributed by atoms with Crippen LogP contribution in [0.4, 0.5) is 4.39 Å². The second-order valence-corrected chi connectivity index (χ2v) is 5.91. The van der Waals surface area contributed by atoms with Crippen LogP contribution < -0.4 is 0 Å². The molecule has 1 unspecified atom stereocenters. The number of amides is 1. The molecule has 0 saturated carbocycles. The summed E-state index contributed by atoms with van der Waals surface area (Å²) in [6.45, 7) is 2.29. The molecule has 2 rings (SSSR count). The maximum absolute atomic E-state index is 13.3. The second kappa shape index (κ2) is 7.73. The number of carbonyl (C=O) groups is 2. The first-order chi connectivity index (χ1) is 11.4. The van der Waals surface area contributed by atoms with Gasteiger partial charge in [-0.25, -0.2) is 9.18 Å². The van der Waals surface area contributed by atoms with Crippen molar-refractivity contribution in [2.45, 2.75) is 25.8 Å². The van der Waals surface area contributed by atoms with Gasteiger partial charge in [0.2, 0.25) is 5.91 Å². The van der Waals surface area contributed by atoms with E-state index in [0.717, 1.165) is 11.1 Å². The number of carboxylic acids is 1. The second-order valence-electron chi connectivity index (χ2n) is 5.91. The molecule has 24 heavy (non-hydrogen) atoms. The van der Waals surface area contributed by atoms with Crippen molar-refractivity contribution in [2.24, 2.45) is 0 Å². The van der Waals surface area contributed by atoms with Crippen LogP contribution in [0.15, 0.2) is 48.5 Å². The number of carbonyl (C=O) groups excluding carboxylic acids is 1. The molecule has 0 radical (unpaired) electrons. The minimum absolute atomic E-state index is 0.0472. The number of hydrogen-bond acceptors (Lipinski definition) is 2. The van der Waals surface area contributed by atoms with Crippen LogP contribution in [0.3, 0.4) is 0 Å². The van der Waals surface area contributed by atoms with Gasteiger partial charge < -0.3 is 10.0 Å². The molecule has 0 spiro atoms. The summed E-state index contributed by atoms with van der Waals surface area (Å²) >= 11 is 0. The highest BCUT2D eigenvalue weighted by molar-refractivity contribution is 5.87. The lowest BCUT2D eigenvalue weighted by Gasteiger charge is -2.20. The third-order valence-corrected chi connectivity index (χ3v) is 3.94. The minimum Gasteiger partial charge on any atom is -0.478 e. The van der Waals surface area contributed by atoms with Crippen LogP contribution in [0.2, 0.25) is 0 Å². The largest absolute Gasteiger partial charge is 0.478 e. The molecule has 0 aliphatic carbocycles. The molecule has 0 heterocycles. The van der Waals surface area contributed by atoms with Crippen LogP contribution in [0.5, 0.6) is 0 Å². The van der Waals surface area contributed by atoms with Crippen molar-refractivity contribution in [2.75, 3.05) is 7.05 Å². The van der Waals surface area contributed by atoms with Crippen LogP contribution in [-0.4, -0.2) is 28.9 Å². The molecule has 2 aromatic rings. The number of hydrogen-bond donors (Lipinski definition) is 1. The Labute approximate surface area is 140 Å². The van der Waals surface area contributed by atoms with Crippen molar-refractivity contribution >= 4 is 11.9 Å². The standard InChI is InChI=1S/C19H20FNO3/c1-13(16-4-3-5-17(20)11-16)10-18(22)21(2)12-14-6-8-15(9-7-14)19(23)24/h3-9,11,13H,10,12H2,1-2H3,(H,23,24). The zero-order valence-electron chi connectivity index (χ0n) is 13.7. The van der Waals surface area contributed by atoms with Gasteiger partial charge in [-0.05, 0) is 41.3 Å². The van der Waals surface area contributed by atoms with E-state index >= 15 is 0 Å². The highest BCUT2D eigenvalue weighted by atomic mass is 19.1. The molecule has 0 bridgehead atoms. The van der Waals surface area contributed by atoms with Crippen molar-refractivity contribution < 1.29 is 19.1 Å². The van der Waals surface area contributed by atoms with Gasteiger partial charge in [0.05, 0.1) is 5.56 Å². The molecule has 4 nitrogen and oxygen atoms in total. The maximum atomic E-state index is 13.3. The molecule has 0 saturated heterocycles. The lowest BCUT2D eigenvalue weighted by atomic mass is 9.97. The van der Waals surface area contributed by atoms with Crippen LogP contribution in [-0.2, 0) is 11.3 Å². The summed E-state index contributed by atoms with van der Waals surface area (Å²) in [7, 11) is 1.70. The fourth-order valence-electron chi connectivity index (χ4n) is 2.46. The number of benzene rings is 2. The Bertz CT molecular complexity index is 728. The van der Waals surface area contributed by atoms with Crippen LogP contribution in [0.1, 0.15) is 40.7 Å². The van der Waals surface area contributed by atoms with E-state index in [9.17, 15) is 14.0 Å². The van der Waals surface area contributed by atoms with E-state index in [1.165, 1.54) is 24.3 Å². The highest BCUT2D eigenvalue weighted by Gasteiger charge is 2.16. The lowest BCUT2D eigenvalue weighted by Crippen LogP contribution is -2.27. The number of carboxylic acid groups (broad SMARTS) is 1. The van der Waals surface area contributed by atoms with Crippen molar-refractivity contribution in [3.63, 3.8) is 0 Å². The normalized spacial score (nSPS) is 11.8. The first-order valence-corrected chi connectivity index (χ1v) is 7.68. The molecular formula is C19H20FNO3. The van der Waals surface area contributed by atoms with Crippen LogP contribution in [0, 0.1) is 5.82 Å². The van der Waals surface area contributed by atoms with Crippen molar-refractivity contribution in [1.82, 2.24) is 4.90 Å². The highest BCUT2D eigenvalue weighted by Crippen LogP contribution is 2.21. The Morgan fingerprint density at radius 1 is 1.17 bits per heavy atom. The zero-order chi connectivity index (χ0) is 17.7. The summed E-state index contributed by atoms with van der Waals surface area (Å²) in [4.78, 5) is 24.7. The third-order valence-electron chi connectivity index (χ3n) is 3.94. The van der Waals surface area contributed by atoms with Gasteiger partial charge in [-0.1, -0.05) is 31.2 Å². The number of rotatable bonds is 6. The van der Waals surface area contributed by atoms with E-state index in [-0.39, 0.29) is 29.6 Å². The first kappa shape index (κ1) is 17.7. The summed E-state index contributed by atoms with van der Waals surface area (Å²) in [5.74, 6) is -1.41. The fraction of sp³-hybridized carbons (Fsp3) is 0.263. The summed E-state index contributed by atoms with van der Waals surface area (Å²) in [6.07, 6.45) is 0.285. The maximum Gasteiger partial charge on any atom is 0.335 e. The Hall–Kier alpha value is -2.69. The molecule has 1 N–H and O–H groups in total. The van der Waals surface area contributed by atoms with Gasteiger partial charge in [0.25, 0.3) is 0 Å². The summed E-state index contributed by atoms with van der Waals surface area (Å²) in [6, 6.07) is 12.7. The van der Waals surface area contributed by atoms with E-state index < -0.39 is 5.97 Å². The topological polar surface area (TPSA) is 57.6 Å². The minimum atomic E-state index is -0.977. The monoisotopic (exact) mass is 329 g/mol. The van der Waals surface area contributed by atoms with E-state index in [0.29, 0.717) is 6.54 Å². The van der Waals surface area contributed by atoms with Gasteiger partial charge in [0.15, 0.2) is 0 Å². The molecule has 1 atom stereocenters. The third kappa shape index (κ3) is 4.65. The van der Waals surface area contributed by atoms with Gasteiger partial charge in [-0.2, -0.15) is 0 Å². The van der Waals surface area contributed by atoms with Gasteiger partial charge in [-0.3, -0.25) is 4.79 Å². The number of halogens is 1. The predicted octanol–water partition coefficient (Wildman–Crippen LogP) is 3.68. The van der Waals surface area contributed by atoms with Gasteiger partial charge in [-0.15, -0.1) is 0 Å². The smallest absolute Gasteiger partial charge is 0.335 e. The van der Waals surface area contributed by atoms with Gasteiger partial charge in [0.1, 0.15) is 5.82 Å². The lowest BCUT2D eigenvalue weighted by molar-refractivity contribution is -0.130. The van der Waals surface area contributed by atoms with Crippen molar-refractivity contribution in [1.29, 1.82) is 0 Å². The van der Waals surface area contributed by atoms with Gasteiger partial charge in [0, 0.05) is 20.0 Å². The fourth-order valence-corrected chi connectivity index (χ4v) is 2.46. The Morgan fingerprint density at radius 2 is 1.83 bits per heavy atom. The average Bonchev–Trinajstić information content (AvgIpc) is 2.55. The van der Waals surface area contributed by atoms with Crippen LogP contribution >= 0.6 is 0 Å². The van der Waals surface area contributed by atoms with E-state index in [1.807, 2.05) is 13.0 Å². The predicted molar refractivity (Wildman–Crippen MR) is 89.3 cm³/mol. The summed E-state index contributed by atoms with van der Waals surface area (Å²) in [5, 5.41) is 8.88. The molecular weight excluding hydrogens is 309 g/mol. The molecule has 126 valence electrons. The first-order valence-electron chi connectivity index (χ1n) is 7.68. The van der Waals surface area contributed by atoms with Crippen LogP contribution in [0.25, 0.3) is 0 Å². The molecule has 1 amide bonds. The Kier molecular flexibility index (Phi) is 5.68. The van der Waals surface area contributed by atoms with E-state index in [1.54, 1.807) is 30.1 Å². The molecule has 0 fully saturated rings. The zero-order valence-corrected chi connectivity index (χ0v) is 13.7. The number of nitrogens with zero attached hydrogens (tertiary/aromatic N) is 1. The van der Waals surface area contributed by atoms with Crippen molar-refractivity contribution in [3.05, 3.63) is 71.0 Å². The Morgan fingerprint density at radius 3 is 2.42 bits per heavy atom. The summed E-state index contributed by atoms with van der Waals surface area (Å²) in [5.41, 5.74) is 1.87. The van der Waals surface area contributed by atoms with Gasteiger partial charge >= 0.3 is 5.97 Å². The molecule has 2 aromatic carbocycles. The average molecular weight is 329 g/mol. The molecule has 0 aliphatic rings. The van der Waals surface area contributed by atoms with E-state index in [2.05, 4.69) is 0 Å². The molecule has 0 aromatic heterocycles. The molecule has 0 aliphatic heterocycles.